The molecule has 156 valence electrons. The summed E-state index contributed by atoms with van der Waals surface area (Å²) in [6.45, 7) is 11.0. The van der Waals surface area contributed by atoms with Gasteiger partial charge in [0.25, 0.3) is 0 Å². The van der Waals surface area contributed by atoms with E-state index in [0.29, 0.717) is 24.1 Å². The molecule has 1 aliphatic rings. The Balaban J connectivity index is 1.79. The average molecular weight is 421 g/mol. The number of nitrogens with zero attached hydrogens (tertiary/aromatic N) is 3. The molecule has 1 atom stereocenters. The van der Waals surface area contributed by atoms with Gasteiger partial charge in [0.05, 0.1) is 31.6 Å². The van der Waals surface area contributed by atoms with Crippen molar-refractivity contribution in [2.45, 2.75) is 23.9 Å². The van der Waals surface area contributed by atoms with Crippen LogP contribution in [0.1, 0.15) is 6.92 Å². The molecular formula is C20H27FN5O2S+. The Hall–Kier alpha value is -2.23. The fourth-order valence-corrected chi connectivity index (χ4v) is 4.00. The van der Waals surface area contributed by atoms with Crippen LogP contribution in [0.4, 0.5) is 4.39 Å². The number of hydrogen-bond donors (Lipinski definition) is 2. The van der Waals surface area contributed by atoms with E-state index in [1.807, 2.05) is 11.5 Å². The number of nitrogens with one attached hydrogen (secondary N) is 2. The van der Waals surface area contributed by atoms with E-state index in [1.165, 1.54) is 28.8 Å². The first-order chi connectivity index (χ1) is 14.1. The van der Waals surface area contributed by atoms with Crippen LogP contribution in [0.2, 0.25) is 0 Å². The van der Waals surface area contributed by atoms with Crippen molar-refractivity contribution in [3.63, 3.8) is 0 Å². The second-order valence-corrected chi connectivity index (χ2v) is 8.18. The molecule has 0 bridgehead atoms. The lowest BCUT2D eigenvalue weighted by Gasteiger charge is -2.24. The minimum atomic E-state index is -0.324. The molecule has 0 saturated carbocycles. The van der Waals surface area contributed by atoms with E-state index < -0.39 is 0 Å². The molecule has 1 aliphatic heterocycles. The Bertz CT molecular complexity index is 821. The Morgan fingerprint density at radius 1 is 1.38 bits per heavy atom. The third-order valence-corrected chi connectivity index (χ3v) is 5.86. The first kappa shape index (κ1) is 21.5. The Morgan fingerprint density at radius 2 is 2.10 bits per heavy atom. The lowest BCUT2D eigenvalue weighted by atomic mass is 10.2. The largest absolute Gasteiger partial charge is 0.370 e. The van der Waals surface area contributed by atoms with Crippen molar-refractivity contribution < 1.29 is 18.8 Å². The maximum absolute atomic E-state index is 13.3. The fraction of sp³-hybridized carbons (Fsp3) is 0.450. The monoisotopic (exact) mass is 420 g/mol. The van der Waals surface area contributed by atoms with Gasteiger partial charge >= 0.3 is 0 Å². The van der Waals surface area contributed by atoms with Gasteiger partial charge in [0, 0.05) is 12.1 Å². The molecule has 1 aromatic heterocycles. The molecule has 7 nitrogen and oxygen atoms in total. The van der Waals surface area contributed by atoms with Gasteiger partial charge in [-0.3, -0.25) is 9.36 Å². The highest BCUT2D eigenvalue weighted by Crippen LogP contribution is 2.26. The number of thioether (sulfide) groups is 1. The minimum Gasteiger partial charge on any atom is -0.370 e. The van der Waals surface area contributed by atoms with Crippen molar-refractivity contribution in [2.75, 3.05) is 39.4 Å². The van der Waals surface area contributed by atoms with Crippen LogP contribution in [0.15, 0.2) is 42.1 Å². The summed E-state index contributed by atoms with van der Waals surface area (Å²) in [6.07, 6.45) is 1.65. The van der Waals surface area contributed by atoms with Crippen LogP contribution in [-0.2, 0) is 16.1 Å². The molecule has 0 spiro atoms. The quantitative estimate of drug-likeness (QED) is 0.463. The van der Waals surface area contributed by atoms with E-state index in [9.17, 15) is 9.18 Å². The first-order valence-corrected chi connectivity index (χ1v) is 10.6. The Morgan fingerprint density at radius 3 is 2.79 bits per heavy atom. The predicted octanol–water partition coefficient (Wildman–Crippen LogP) is 0.782. The summed E-state index contributed by atoms with van der Waals surface area (Å²) < 4.78 is 20.8. The maximum atomic E-state index is 13.3. The number of carbonyl (C=O) groups is 1. The molecule has 2 aromatic rings. The topological polar surface area (TPSA) is 73.5 Å². The second-order valence-electron chi connectivity index (χ2n) is 6.87. The molecule has 2 N–H and O–H groups in total. The van der Waals surface area contributed by atoms with Crippen molar-refractivity contribution in [3.8, 4) is 11.4 Å². The van der Waals surface area contributed by atoms with Crippen LogP contribution in [-0.4, -0.2) is 65.3 Å². The van der Waals surface area contributed by atoms with Gasteiger partial charge in [-0.2, -0.15) is 0 Å². The molecule has 1 saturated heterocycles. The number of hydrogen-bond acceptors (Lipinski definition) is 5. The fourth-order valence-electron chi connectivity index (χ4n) is 3.10. The Kier molecular flexibility index (Phi) is 7.79. The minimum absolute atomic E-state index is 0.0772. The summed E-state index contributed by atoms with van der Waals surface area (Å²) in [4.78, 5) is 13.7. The molecule has 29 heavy (non-hydrogen) atoms. The molecule has 9 heteroatoms. The summed E-state index contributed by atoms with van der Waals surface area (Å²) >= 11 is 1.37. The van der Waals surface area contributed by atoms with Crippen LogP contribution >= 0.6 is 11.8 Å². The lowest BCUT2D eigenvalue weighted by molar-refractivity contribution is -0.908. The summed E-state index contributed by atoms with van der Waals surface area (Å²) in [6, 6.07) is 6.23. The molecule has 2 heterocycles. The normalized spacial score (nSPS) is 15.8. The Labute approximate surface area is 174 Å². The smallest absolute Gasteiger partial charge is 0.233 e. The highest BCUT2D eigenvalue weighted by Gasteiger charge is 2.22. The van der Waals surface area contributed by atoms with Gasteiger partial charge < -0.3 is 15.0 Å². The molecule has 1 aromatic carbocycles. The van der Waals surface area contributed by atoms with E-state index in [-0.39, 0.29) is 17.0 Å². The standard InChI is InChI=1S/C20H26FN5O2S/c1-3-8-22-19(27)15(2)29-20-24-23-18(16-4-6-17(21)7-5-16)26(20)10-9-25-11-13-28-14-12-25/h3-7,15H,1,8-14H2,2H3,(H,22,27)/p+1/t15-/m0/s1. The lowest BCUT2D eigenvalue weighted by Crippen LogP contribution is -3.14. The SMILES string of the molecule is C=CCNC(=O)[C@H](C)Sc1nnc(-c2ccc(F)cc2)n1CC[NH+]1CCOCC1. The number of carbonyl (C=O) groups excluding carboxylic acids is 1. The van der Waals surface area contributed by atoms with Crippen LogP contribution in [0.3, 0.4) is 0 Å². The van der Waals surface area contributed by atoms with Gasteiger partial charge in [-0.25, -0.2) is 4.39 Å². The highest BCUT2D eigenvalue weighted by molar-refractivity contribution is 8.00. The zero-order chi connectivity index (χ0) is 20.6. The molecule has 0 radical (unpaired) electrons. The number of morpholine rings is 1. The molecule has 0 aliphatic carbocycles. The number of aromatic nitrogens is 3. The molecule has 1 fully saturated rings. The number of amides is 1. The molecular weight excluding hydrogens is 393 g/mol. The summed E-state index contributed by atoms with van der Waals surface area (Å²) in [7, 11) is 0. The zero-order valence-corrected chi connectivity index (χ0v) is 17.4. The van der Waals surface area contributed by atoms with Crippen molar-refractivity contribution in [2.24, 2.45) is 0 Å². The van der Waals surface area contributed by atoms with Crippen molar-refractivity contribution in [1.82, 2.24) is 20.1 Å². The van der Waals surface area contributed by atoms with E-state index in [4.69, 9.17) is 4.74 Å². The van der Waals surface area contributed by atoms with Gasteiger partial charge in [-0.1, -0.05) is 17.8 Å². The van der Waals surface area contributed by atoms with Crippen molar-refractivity contribution in [3.05, 3.63) is 42.7 Å². The highest BCUT2D eigenvalue weighted by atomic mass is 32.2. The number of quaternary nitrogens is 1. The van der Waals surface area contributed by atoms with Crippen molar-refractivity contribution in [1.29, 1.82) is 0 Å². The van der Waals surface area contributed by atoms with E-state index in [2.05, 4.69) is 22.1 Å². The number of ether oxygens (including phenoxy) is 1. The van der Waals surface area contributed by atoms with Gasteiger partial charge in [0.1, 0.15) is 18.9 Å². The molecule has 3 rings (SSSR count). The van der Waals surface area contributed by atoms with Crippen LogP contribution < -0.4 is 10.2 Å². The molecule has 0 unspecified atom stereocenters. The van der Waals surface area contributed by atoms with Gasteiger partial charge in [0.2, 0.25) is 5.91 Å². The predicted molar refractivity (Wildman–Crippen MR) is 110 cm³/mol. The third-order valence-electron chi connectivity index (χ3n) is 4.78. The van der Waals surface area contributed by atoms with E-state index in [0.717, 1.165) is 38.4 Å². The molecule has 1 amide bonds. The summed E-state index contributed by atoms with van der Waals surface area (Å²) in [5.74, 6) is 0.310. The number of halogens is 1. The van der Waals surface area contributed by atoms with Crippen LogP contribution in [0.25, 0.3) is 11.4 Å². The average Bonchev–Trinajstić information content (AvgIpc) is 3.14. The second kappa shape index (κ2) is 10.5. The van der Waals surface area contributed by atoms with Crippen molar-refractivity contribution >= 4 is 17.7 Å². The third kappa shape index (κ3) is 5.88. The summed E-state index contributed by atoms with van der Waals surface area (Å²) in [5.41, 5.74) is 0.798. The first-order valence-electron chi connectivity index (χ1n) is 9.74. The van der Waals surface area contributed by atoms with Gasteiger partial charge in [-0.15, -0.1) is 16.8 Å². The van der Waals surface area contributed by atoms with E-state index >= 15 is 0 Å². The van der Waals surface area contributed by atoms with Crippen LogP contribution in [0.5, 0.6) is 0 Å². The maximum Gasteiger partial charge on any atom is 0.233 e. The van der Waals surface area contributed by atoms with Gasteiger partial charge in [0.15, 0.2) is 11.0 Å². The van der Waals surface area contributed by atoms with Crippen LogP contribution in [0, 0.1) is 5.82 Å². The van der Waals surface area contributed by atoms with E-state index in [1.54, 1.807) is 18.2 Å². The van der Waals surface area contributed by atoms with Gasteiger partial charge in [-0.05, 0) is 31.2 Å². The zero-order valence-electron chi connectivity index (χ0n) is 16.6. The number of benzene rings is 1. The number of rotatable bonds is 9. The summed E-state index contributed by atoms with van der Waals surface area (Å²) in [5, 5.41) is 11.8.